The third-order valence-corrected chi connectivity index (χ3v) is 3.79. The molecule has 1 fully saturated rings. The van der Waals surface area contributed by atoms with Crippen LogP contribution in [0.25, 0.3) is 0 Å². The van der Waals surface area contributed by atoms with Gasteiger partial charge in [0.2, 0.25) is 0 Å². The minimum absolute atomic E-state index is 0.362. The molecule has 2 nitrogen and oxygen atoms in total. The second kappa shape index (κ2) is 4.63. The van der Waals surface area contributed by atoms with Gasteiger partial charge >= 0.3 is 0 Å². The SMILES string of the molecule is CCC(C)C(C)(O)CNC(C)C1CC1. The van der Waals surface area contributed by atoms with E-state index in [0.29, 0.717) is 12.0 Å². The van der Waals surface area contributed by atoms with Gasteiger partial charge in [0.25, 0.3) is 0 Å². The normalized spacial score (nSPS) is 25.5. The molecule has 0 aromatic heterocycles. The number of aliphatic hydroxyl groups is 1. The summed E-state index contributed by atoms with van der Waals surface area (Å²) in [6.45, 7) is 9.13. The fraction of sp³-hybridized carbons (Fsp3) is 1.00. The Morgan fingerprint density at radius 2 is 2.00 bits per heavy atom. The minimum Gasteiger partial charge on any atom is -0.389 e. The fourth-order valence-corrected chi connectivity index (χ4v) is 1.74. The van der Waals surface area contributed by atoms with Crippen molar-refractivity contribution >= 4 is 0 Å². The lowest BCUT2D eigenvalue weighted by Crippen LogP contribution is -2.46. The van der Waals surface area contributed by atoms with Crippen molar-refractivity contribution in [3.8, 4) is 0 Å². The van der Waals surface area contributed by atoms with Gasteiger partial charge in [0.05, 0.1) is 5.60 Å². The third-order valence-electron chi connectivity index (χ3n) is 3.79. The highest BCUT2D eigenvalue weighted by Crippen LogP contribution is 2.32. The molecule has 14 heavy (non-hydrogen) atoms. The average Bonchev–Trinajstić information content (AvgIpc) is 2.96. The van der Waals surface area contributed by atoms with Gasteiger partial charge in [-0.1, -0.05) is 20.3 Å². The number of nitrogens with one attached hydrogen (secondary N) is 1. The van der Waals surface area contributed by atoms with Crippen LogP contribution < -0.4 is 5.32 Å². The molecule has 0 aromatic rings. The van der Waals surface area contributed by atoms with Crippen molar-refractivity contribution < 1.29 is 5.11 Å². The van der Waals surface area contributed by atoms with E-state index in [1.165, 1.54) is 12.8 Å². The molecule has 2 heteroatoms. The van der Waals surface area contributed by atoms with Gasteiger partial charge in [0.1, 0.15) is 0 Å². The lowest BCUT2D eigenvalue weighted by atomic mass is 9.88. The van der Waals surface area contributed by atoms with Crippen molar-refractivity contribution in [1.29, 1.82) is 0 Å². The standard InChI is InChI=1S/C12H25NO/c1-5-9(2)12(4,14)8-13-10(3)11-6-7-11/h9-11,13-14H,5-8H2,1-4H3. The molecule has 0 amide bonds. The Morgan fingerprint density at radius 1 is 1.43 bits per heavy atom. The topological polar surface area (TPSA) is 32.3 Å². The Labute approximate surface area is 88.1 Å². The molecule has 3 unspecified atom stereocenters. The Hall–Kier alpha value is -0.0800. The molecular formula is C12H25NO. The van der Waals surface area contributed by atoms with Crippen molar-refractivity contribution in [3.63, 3.8) is 0 Å². The Kier molecular flexibility index (Phi) is 3.96. The molecule has 3 atom stereocenters. The Balaban J connectivity index is 2.26. The maximum atomic E-state index is 10.2. The molecule has 1 rings (SSSR count). The number of hydrogen-bond donors (Lipinski definition) is 2. The van der Waals surface area contributed by atoms with Gasteiger partial charge in [-0.2, -0.15) is 0 Å². The van der Waals surface area contributed by atoms with Gasteiger partial charge in [0, 0.05) is 12.6 Å². The quantitative estimate of drug-likeness (QED) is 0.687. The molecule has 0 bridgehead atoms. The van der Waals surface area contributed by atoms with Crippen LogP contribution in [0.4, 0.5) is 0 Å². The third kappa shape index (κ3) is 3.25. The molecule has 1 aliphatic carbocycles. The predicted molar refractivity (Wildman–Crippen MR) is 60.3 cm³/mol. The highest BCUT2D eigenvalue weighted by Gasteiger charge is 2.31. The summed E-state index contributed by atoms with van der Waals surface area (Å²) in [5, 5.41) is 13.6. The van der Waals surface area contributed by atoms with E-state index in [4.69, 9.17) is 0 Å². The van der Waals surface area contributed by atoms with Gasteiger partial charge in [-0.05, 0) is 38.5 Å². The van der Waals surface area contributed by atoms with Crippen LogP contribution in [0.5, 0.6) is 0 Å². The molecule has 0 aliphatic heterocycles. The maximum absolute atomic E-state index is 10.2. The lowest BCUT2D eigenvalue weighted by molar-refractivity contribution is 0.00320. The zero-order chi connectivity index (χ0) is 10.8. The van der Waals surface area contributed by atoms with Crippen LogP contribution >= 0.6 is 0 Å². The molecule has 0 saturated heterocycles. The van der Waals surface area contributed by atoms with E-state index in [-0.39, 0.29) is 0 Å². The van der Waals surface area contributed by atoms with Crippen molar-refractivity contribution in [1.82, 2.24) is 5.32 Å². The van der Waals surface area contributed by atoms with Crippen LogP contribution in [-0.4, -0.2) is 23.3 Å². The monoisotopic (exact) mass is 199 g/mol. The second-order valence-electron chi connectivity index (χ2n) is 5.17. The van der Waals surface area contributed by atoms with Crippen molar-refractivity contribution in [2.75, 3.05) is 6.54 Å². The predicted octanol–water partition coefficient (Wildman–Crippen LogP) is 2.17. The van der Waals surface area contributed by atoms with Gasteiger partial charge in [0.15, 0.2) is 0 Å². The van der Waals surface area contributed by atoms with Crippen LogP contribution in [0.15, 0.2) is 0 Å². The molecule has 0 heterocycles. The molecule has 84 valence electrons. The van der Waals surface area contributed by atoms with Crippen molar-refractivity contribution in [3.05, 3.63) is 0 Å². The highest BCUT2D eigenvalue weighted by molar-refractivity contribution is 4.87. The molecule has 2 N–H and O–H groups in total. The molecule has 0 aromatic carbocycles. The van der Waals surface area contributed by atoms with Gasteiger partial charge in [-0.25, -0.2) is 0 Å². The van der Waals surface area contributed by atoms with Crippen LogP contribution in [0.2, 0.25) is 0 Å². The summed E-state index contributed by atoms with van der Waals surface area (Å²) in [5.41, 5.74) is -0.558. The summed E-state index contributed by atoms with van der Waals surface area (Å²) >= 11 is 0. The highest BCUT2D eigenvalue weighted by atomic mass is 16.3. The first-order chi connectivity index (χ1) is 6.47. The molecule has 0 spiro atoms. The Morgan fingerprint density at radius 3 is 2.43 bits per heavy atom. The van der Waals surface area contributed by atoms with E-state index < -0.39 is 5.60 Å². The smallest absolute Gasteiger partial charge is 0.0768 e. The molecule has 1 saturated carbocycles. The fourth-order valence-electron chi connectivity index (χ4n) is 1.74. The second-order valence-corrected chi connectivity index (χ2v) is 5.17. The number of hydrogen-bond acceptors (Lipinski definition) is 2. The van der Waals surface area contributed by atoms with E-state index in [0.717, 1.165) is 18.9 Å². The van der Waals surface area contributed by atoms with Gasteiger partial charge < -0.3 is 10.4 Å². The minimum atomic E-state index is -0.558. The summed E-state index contributed by atoms with van der Waals surface area (Å²) in [7, 11) is 0. The van der Waals surface area contributed by atoms with E-state index in [9.17, 15) is 5.11 Å². The van der Waals surface area contributed by atoms with Crippen LogP contribution in [0.3, 0.4) is 0 Å². The van der Waals surface area contributed by atoms with Crippen molar-refractivity contribution in [2.24, 2.45) is 11.8 Å². The zero-order valence-electron chi connectivity index (χ0n) is 10.0. The van der Waals surface area contributed by atoms with E-state index in [2.05, 4.69) is 26.1 Å². The van der Waals surface area contributed by atoms with Gasteiger partial charge in [-0.3, -0.25) is 0 Å². The van der Waals surface area contributed by atoms with Crippen LogP contribution in [0, 0.1) is 11.8 Å². The molecule has 0 radical (unpaired) electrons. The summed E-state index contributed by atoms with van der Waals surface area (Å²) in [6.07, 6.45) is 3.76. The molecular weight excluding hydrogens is 174 g/mol. The molecule has 1 aliphatic rings. The van der Waals surface area contributed by atoms with E-state index >= 15 is 0 Å². The summed E-state index contributed by atoms with van der Waals surface area (Å²) < 4.78 is 0. The average molecular weight is 199 g/mol. The Bertz CT molecular complexity index is 175. The first kappa shape index (κ1) is 12.0. The largest absolute Gasteiger partial charge is 0.389 e. The maximum Gasteiger partial charge on any atom is 0.0768 e. The van der Waals surface area contributed by atoms with E-state index in [1.807, 2.05) is 6.92 Å². The summed E-state index contributed by atoms with van der Waals surface area (Å²) in [5.74, 6) is 1.23. The van der Waals surface area contributed by atoms with Crippen LogP contribution in [0.1, 0.15) is 47.0 Å². The number of rotatable bonds is 6. The first-order valence-corrected chi connectivity index (χ1v) is 5.93. The lowest BCUT2D eigenvalue weighted by Gasteiger charge is -2.31. The van der Waals surface area contributed by atoms with Crippen molar-refractivity contribution in [2.45, 2.75) is 58.6 Å². The first-order valence-electron chi connectivity index (χ1n) is 5.93. The zero-order valence-corrected chi connectivity index (χ0v) is 10.0. The summed E-state index contributed by atoms with van der Waals surface area (Å²) in [6, 6.07) is 0.575. The van der Waals surface area contributed by atoms with Gasteiger partial charge in [-0.15, -0.1) is 0 Å². The van der Waals surface area contributed by atoms with Crippen LogP contribution in [-0.2, 0) is 0 Å². The summed E-state index contributed by atoms with van der Waals surface area (Å²) in [4.78, 5) is 0. The van der Waals surface area contributed by atoms with E-state index in [1.54, 1.807) is 0 Å².